The van der Waals surface area contributed by atoms with Gasteiger partial charge in [0, 0.05) is 50.4 Å². The van der Waals surface area contributed by atoms with Gasteiger partial charge in [-0.15, -0.1) is 0 Å². The van der Waals surface area contributed by atoms with Gasteiger partial charge in [-0.05, 0) is 30.8 Å². The molecule has 3 aromatic rings. The Morgan fingerprint density at radius 2 is 1.65 bits per heavy atom. The van der Waals surface area contributed by atoms with Crippen molar-refractivity contribution < 1.29 is 41.0 Å². The molecule has 2 fully saturated rings. The molecule has 16 heteroatoms. The van der Waals surface area contributed by atoms with Gasteiger partial charge < -0.3 is 20.8 Å². The van der Waals surface area contributed by atoms with Crippen molar-refractivity contribution in [1.82, 2.24) is 24.1 Å². The number of carboxylic acids is 1. The molecule has 0 amide bonds. The van der Waals surface area contributed by atoms with Gasteiger partial charge in [-0.25, -0.2) is 22.6 Å². The fraction of sp³-hybridized carbons (Fsp3) is 0.370. The average Bonchev–Trinajstić information content (AvgIpc) is 3.36. The van der Waals surface area contributed by atoms with Gasteiger partial charge in [0.2, 0.25) is 10.0 Å². The highest BCUT2D eigenvalue weighted by Crippen LogP contribution is 2.34. The molecule has 1 aromatic heterocycles. The van der Waals surface area contributed by atoms with Crippen LogP contribution in [-0.4, -0.2) is 113 Å². The van der Waals surface area contributed by atoms with E-state index < -0.39 is 34.1 Å². The largest absolute Gasteiger partial charge is 0.490 e. The lowest BCUT2D eigenvalue weighted by Gasteiger charge is -2.37. The third-order valence-corrected chi connectivity index (χ3v) is 9.10. The second kappa shape index (κ2) is 12.9. The maximum absolute atomic E-state index is 15.1. The van der Waals surface area contributed by atoms with Crippen molar-refractivity contribution in [1.29, 1.82) is 0 Å². The van der Waals surface area contributed by atoms with E-state index in [-0.39, 0.29) is 35.4 Å². The predicted molar refractivity (Wildman–Crippen MR) is 149 cm³/mol. The molecular weight excluding hydrogens is 596 g/mol. The summed E-state index contributed by atoms with van der Waals surface area (Å²) < 4.78 is 75.6. The van der Waals surface area contributed by atoms with Crippen LogP contribution in [0.2, 0.25) is 0 Å². The minimum Gasteiger partial charge on any atom is -0.475 e. The average molecular weight is 627 g/mol. The second-order valence-electron chi connectivity index (χ2n) is 10.1. The number of carbonyl (C=O) groups is 1. The Morgan fingerprint density at radius 1 is 1.00 bits per heavy atom. The van der Waals surface area contributed by atoms with Gasteiger partial charge in [-0.3, -0.25) is 9.88 Å². The van der Waals surface area contributed by atoms with Crippen molar-refractivity contribution >= 4 is 21.8 Å². The fourth-order valence-electron chi connectivity index (χ4n) is 4.88. The zero-order chi connectivity index (χ0) is 31.5. The molecular formula is C27H30F4N6O5S. The molecule has 0 aliphatic carbocycles. The minimum absolute atomic E-state index is 0.0246. The maximum Gasteiger partial charge on any atom is 0.490 e. The fourth-order valence-corrected chi connectivity index (χ4v) is 6.57. The summed E-state index contributed by atoms with van der Waals surface area (Å²) in [6.07, 6.45) is -3.11. The van der Waals surface area contributed by atoms with E-state index in [1.165, 1.54) is 28.8 Å². The molecule has 2 unspecified atom stereocenters. The molecule has 4 N–H and O–H groups in total. The number of alkyl halides is 3. The van der Waals surface area contributed by atoms with E-state index in [9.17, 15) is 26.7 Å². The number of aliphatic hydroxyl groups is 1. The minimum atomic E-state index is -5.08. The Bertz CT molecular complexity index is 1550. The lowest BCUT2D eigenvalue weighted by atomic mass is 10.0. The number of aromatic nitrogens is 2. The number of anilines is 1. The molecule has 0 saturated carbocycles. The van der Waals surface area contributed by atoms with Crippen LogP contribution >= 0.6 is 0 Å². The number of piperazine rings is 1. The molecule has 0 bridgehead atoms. The van der Waals surface area contributed by atoms with Crippen LogP contribution in [0.25, 0.3) is 22.4 Å². The number of nitrogen functional groups attached to an aromatic ring is 1. The first-order chi connectivity index (χ1) is 20.2. The standard InChI is InChI=1S/C25H29FN6O3S.C2HF3O2/c1-30-8-10-31(11-9-30)22-15-32(16-23(22)33)36(34,35)24-5-3-2-4-18(24)17-6-7-19(20(26)12-17)21-13-29-25(27)14-28-21;3-2(4,5)1(6)7/h2-7,12-14,22-23,33H,8-11,15-16H2,1H3,(H2,27,29);(H,6,7). The number of sulfonamides is 1. The molecule has 232 valence electrons. The number of rotatable bonds is 5. The van der Waals surface area contributed by atoms with Gasteiger partial charge in [-0.1, -0.05) is 24.3 Å². The van der Waals surface area contributed by atoms with Crippen molar-refractivity contribution in [2.45, 2.75) is 23.2 Å². The van der Waals surface area contributed by atoms with Crippen LogP contribution in [0.15, 0.2) is 59.8 Å². The molecule has 3 heterocycles. The number of carboxylic acid groups (broad SMARTS) is 1. The smallest absolute Gasteiger partial charge is 0.475 e. The molecule has 0 spiro atoms. The van der Waals surface area contributed by atoms with Gasteiger partial charge in [0.05, 0.1) is 35.1 Å². The lowest BCUT2D eigenvalue weighted by molar-refractivity contribution is -0.192. The van der Waals surface area contributed by atoms with Gasteiger partial charge in [0.15, 0.2) is 0 Å². The molecule has 11 nitrogen and oxygen atoms in total. The Labute approximate surface area is 245 Å². The van der Waals surface area contributed by atoms with Crippen molar-refractivity contribution in [3.63, 3.8) is 0 Å². The van der Waals surface area contributed by atoms with E-state index in [4.69, 9.17) is 15.6 Å². The van der Waals surface area contributed by atoms with E-state index in [0.29, 0.717) is 16.8 Å². The summed E-state index contributed by atoms with van der Waals surface area (Å²) in [6, 6.07) is 10.8. The van der Waals surface area contributed by atoms with Gasteiger partial charge in [0.25, 0.3) is 0 Å². The highest BCUT2D eigenvalue weighted by atomic mass is 32.2. The van der Waals surface area contributed by atoms with Crippen molar-refractivity contribution in [2.75, 3.05) is 52.0 Å². The molecule has 43 heavy (non-hydrogen) atoms. The number of hydrogen-bond acceptors (Lipinski definition) is 9. The Morgan fingerprint density at radius 3 is 2.23 bits per heavy atom. The third kappa shape index (κ3) is 7.45. The maximum atomic E-state index is 15.1. The first-order valence-corrected chi connectivity index (χ1v) is 14.5. The van der Waals surface area contributed by atoms with E-state index >= 15 is 4.39 Å². The quantitative estimate of drug-likeness (QED) is 0.359. The second-order valence-corrected chi connectivity index (χ2v) is 12.0. The zero-order valence-electron chi connectivity index (χ0n) is 22.9. The summed E-state index contributed by atoms with van der Waals surface area (Å²) in [4.78, 5) is 21.4. The summed E-state index contributed by atoms with van der Waals surface area (Å²) in [5.74, 6) is -3.07. The molecule has 2 aliphatic rings. The van der Waals surface area contributed by atoms with Crippen LogP contribution in [0, 0.1) is 5.82 Å². The zero-order valence-corrected chi connectivity index (χ0v) is 23.8. The Balaban J connectivity index is 0.000000541. The molecule has 0 radical (unpaired) electrons. The van der Waals surface area contributed by atoms with Crippen LogP contribution in [0.3, 0.4) is 0 Å². The van der Waals surface area contributed by atoms with E-state index in [2.05, 4.69) is 26.8 Å². The topological polar surface area (TPSA) is 153 Å². The number of aliphatic carboxylic acids is 1. The summed E-state index contributed by atoms with van der Waals surface area (Å²) in [5.41, 5.74) is 6.96. The Hall–Kier alpha value is -3.70. The molecule has 2 aliphatic heterocycles. The normalized spacial score (nSPS) is 20.4. The van der Waals surface area contributed by atoms with Crippen LogP contribution in [-0.2, 0) is 14.8 Å². The molecule has 2 atom stereocenters. The van der Waals surface area contributed by atoms with Crippen molar-refractivity contribution in [3.8, 4) is 22.4 Å². The number of nitrogens with two attached hydrogens (primary N) is 1. The highest BCUT2D eigenvalue weighted by Gasteiger charge is 2.42. The SMILES string of the molecule is CN1CCN(C2CN(S(=O)(=O)c3ccccc3-c3ccc(-c4cnc(N)cn4)c(F)c3)CC2O)CC1.O=C(O)C(F)(F)F. The van der Waals surface area contributed by atoms with E-state index in [0.717, 1.165) is 26.2 Å². The number of benzene rings is 2. The summed E-state index contributed by atoms with van der Waals surface area (Å²) in [6.45, 7) is 3.56. The summed E-state index contributed by atoms with van der Waals surface area (Å²) in [5, 5.41) is 17.9. The van der Waals surface area contributed by atoms with Crippen LogP contribution in [0.1, 0.15) is 0 Å². The number of nitrogens with zero attached hydrogens (tertiary/aromatic N) is 5. The van der Waals surface area contributed by atoms with Gasteiger partial charge >= 0.3 is 12.1 Å². The Kier molecular flexibility index (Phi) is 9.66. The number of hydrogen-bond donors (Lipinski definition) is 3. The van der Waals surface area contributed by atoms with Crippen molar-refractivity contribution in [3.05, 3.63) is 60.7 Å². The number of β-amino-alcohol motifs (C(OH)–C–C–N with tert-alkyl or cyclic N) is 1. The first kappa shape index (κ1) is 32.2. The van der Waals surface area contributed by atoms with Crippen molar-refractivity contribution in [2.24, 2.45) is 0 Å². The monoisotopic (exact) mass is 626 g/mol. The van der Waals surface area contributed by atoms with E-state index in [1.54, 1.807) is 30.3 Å². The lowest BCUT2D eigenvalue weighted by Crippen LogP contribution is -2.52. The number of likely N-dealkylation sites (N-methyl/N-ethyl adjacent to an activating group) is 1. The molecule has 5 rings (SSSR count). The van der Waals surface area contributed by atoms with Crippen LogP contribution < -0.4 is 5.73 Å². The van der Waals surface area contributed by atoms with E-state index in [1.807, 2.05) is 0 Å². The van der Waals surface area contributed by atoms with Gasteiger partial charge in [0.1, 0.15) is 11.6 Å². The number of aliphatic hydroxyl groups excluding tert-OH is 1. The predicted octanol–water partition coefficient (Wildman–Crippen LogP) is 2.15. The molecule has 2 saturated heterocycles. The van der Waals surface area contributed by atoms with Crippen LogP contribution in [0.5, 0.6) is 0 Å². The number of halogens is 4. The highest BCUT2D eigenvalue weighted by molar-refractivity contribution is 7.89. The van der Waals surface area contributed by atoms with Crippen LogP contribution in [0.4, 0.5) is 23.4 Å². The van der Waals surface area contributed by atoms with Gasteiger partial charge in [-0.2, -0.15) is 17.5 Å². The summed E-state index contributed by atoms with van der Waals surface area (Å²) in [7, 11) is -1.88. The third-order valence-electron chi connectivity index (χ3n) is 7.21. The first-order valence-electron chi connectivity index (χ1n) is 13.1. The molecule has 2 aromatic carbocycles. The summed E-state index contributed by atoms with van der Waals surface area (Å²) >= 11 is 0.